The first kappa shape index (κ1) is 15.4. The number of hydrogen-bond acceptors (Lipinski definition) is 2. The Balaban J connectivity index is 2.03. The molecule has 0 bridgehead atoms. The second-order valence-corrected chi connectivity index (χ2v) is 5.71. The van der Waals surface area contributed by atoms with Crippen LogP contribution in [-0.2, 0) is 0 Å². The van der Waals surface area contributed by atoms with Gasteiger partial charge >= 0.3 is 0 Å². The van der Waals surface area contributed by atoms with E-state index in [9.17, 15) is 8.78 Å². The summed E-state index contributed by atoms with van der Waals surface area (Å²) in [7, 11) is 0. The van der Waals surface area contributed by atoms with Crippen LogP contribution in [0.15, 0.2) is 18.2 Å². The second-order valence-electron chi connectivity index (χ2n) is 5.71. The Bertz CT molecular complexity index is 434. The molecule has 0 radical (unpaired) electrons. The van der Waals surface area contributed by atoms with Crippen molar-refractivity contribution in [1.29, 1.82) is 0 Å². The lowest BCUT2D eigenvalue weighted by atomic mass is 9.96. The Kier molecular flexibility index (Phi) is 5.49. The summed E-state index contributed by atoms with van der Waals surface area (Å²) < 4.78 is 26.7. The van der Waals surface area contributed by atoms with Crippen LogP contribution in [-0.4, -0.2) is 24.0 Å². The summed E-state index contributed by atoms with van der Waals surface area (Å²) in [5.41, 5.74) is 6.54. The molecule has 0 aromatic heterocycles. The summed E-state index contributed by atoms with van der Waals surface area (Å²) in [6.07, 6.45) is 5.96. The molecule has 2 rings (SSSR count). The summed E-state index contributed by atoms with van der Waals surface area (Å²) in [5, 5.41) is 0. The highest BCUT2D eigenvalue weighted by Crippen LogP contribution is 2.24. The van der Waals surface area contributed by atoms with Crippen LogP contribution in [0, 0.1) is 11.6 Å². The molecule has 1 aliphatic rings. The fourth-order valence-corrected chi connectivity index (χ4v) is 3.11. The van der Waals surface area contributed by atoms with Gasteiger partial charge in [-0.3, -0.25) is 4.90 Å². The first-order valence-corrected chi connectivity index (χ1v) is 7.56. The normalized spacial score (nSPS) is 21.9. The van der Waals surface area contributed by atoms with E-state index in [0.717, 1.165) is 19.0 Å². The molecule has 2 unspecified atom stereocenters. The van der Waals surface area contributed by atoms with Crippen molar-refractivity contribution in [3.05, 3.63) is 35.4 Å². The third-order valence-electron chi connectivity index (χ3n) is 4.16. The number of benzene rings is 1. The molecule has 1 fully saturated rings. The van der Waals surface area contributed by atoms with Gasteiger partial charge in [-0.15, -0.1) is 0 Å². The van der Waals surface area contributed by atoms with Crippen molar-refractivity contribution in [2.75, 3.05) is 13.1 Å². The molecule has 0 aliphatic carbocycles. The number of halogens is 2. The number of nitrogens with zero attached hydrogens (tertiary/aromatic N) is 1. The van der Waals surface area contributed by atoms with E-state index in [-0.39, 0.29) is 0 Å². The van der Waals surface area contributed by atoms with Crippen molar-refractivity contribution in [2.45, 2.75) is 51.1 Å². The van der Waals surface area contributed by atoms with Crippen LogP contribution in [0.5, 0.6) is 0 Å². The molecule has 0 saturated carbocycles. The van der Waals surface area contributed by atoms with Gasteiger partial charge in [-0.1, -0.05) is 25.8 Å². The highest BCUT2D eigenvalue weighted by molar-refractivity contribution is 5.22. The van der Waals surface area contributed by atoms with Gasteiger partial charge in [0.15, 0.2) is 0 Å². The van der Waals surface area contributed by atoms with Crippen molar-refractivity contribution in [2.24, 2.45) is 5.73 Å². The number of hydrogen-bond donors (Lipinski definition) is 1. The molecule has 2 atom stereocenters. The monoisotopic (exact) mass is 282 g/mol. The summed E-state index contributed by atoms with van der Waals surface area (Å²) in [6.45, 7) is 3.86. The van der Waals surface area contributed by atoms with Crippen LogP contribution in [0.2, 0.25) is 0 Å². The standard InChI is InChI=1S/C16H24F2N2/c1-2-5-13-6-3-4-9-20(13)11-16(19)14-8-7-12(17)10-15(14)18/h7-8,10,13,16H,2-6,9,11,19H2,1H3. The Hall–Kier alpha value is -1.00. The first-order chi connectivity index (χ1) is 9.61. The third kappa shape index (κ3) is 3.76. The van der Waals surface area contributed by atoms with Gasteiger partial charge < -0.3 is 5.73 Å². The molecule has 1 heterocycles. The largest absolute Gasteiger partial charge is 0.323 e. The predicted octanol–water partition coefficient (Wildman–Crippen LogP) is 3.62. The quantitative estimate of drug-likeness (QED) is 0.893. The maximum atomic E-state index is 13.8. The number of nitrogens with two attached hydrogens (primary N) is 1. The van der Waals surface area contributed by atoms with Gasteiger partial charge in [0, 0.05) is 30.3 Å². The second kappa shape index (κ2) is 7.14. The minimum absolute atomic E-state index is 0.395. The zero-order chi connectivity index (χ0) is 14.5. The molecule has 1 aromatic carbocycles. The number of piperidine rings is 1. The van der Waals surface area contributed by atoms with Crippen molar-refractivity contribution < 1.29 is 8.78 Å². The van der Waals surface area contributed by atoms with E-state index in [4.69, 9.17) is 5.73 Å². The van der Waals surface area contributed by atoms with E-state index in [1.54, 1.807) is 0 Å². The number of rotatable bonds is 5. The molecule has 20 heavy (non-hydrogen) atoms. The molecule has 2 nitrogen and oxygen atoms in total. The zero-order valence-corrected chi connectivity index (χ0v) is 12.1. The lowest BCUT2D eigenvalue weighted by Gasteiger charge is -2.37. The Morgan fingerprint density at radius 3 is 2.85 bits per heavy atom. The minimum atomic E-state index is -0.555. The lowest BCUT2D eigenvalue weighted by Crippen LogP contribution is -2.43. The number of likely N-dealkylation sites (tertiary alicyclic amines) is 1. The average Bonchev–Trinajstić information content (AvgIpc) is 2.41. The smallest absolute Gasteiger partial charge is 0.130 e. The average molecular weight is 282 g/mol. The van der Waals surface area contributed by atoms with Gasteiger partial charge in [0.25, 0.3) is 0 Å². The summed E-state index contributed by atoms with van der Waals surface area (Å²) in [6, 6.07) is 3.82. The molecule has 1 aliphatic heterocycles. The molecule has 0 spiro atoms. The summed E-state index contributed by atoms with van der Waals surface area (Å²) >= 11 is 0. The van der Waals surface area contributed by atoms with E-state index >= 15 is 0 Å². The van der Waals surface area contributed by atoms with Crippen LogP contribution in [0.1, 0.15) is 50.6 Å². The van der Waals surface area contributed by atoms with Crippen molar-refractivity contribution in [3.8, 4) is 0 Å². The van der Waals surface area contributed by atoms with Crippen molar-refractivity contribution >= 4 is 0 Å². The molecule has 112 valence electrons. The fourth-order valence-electron chi connectivity index (χ4n) is 3.11. The Morgan fingerprint density at radius 2 is 2.15 bits per heavy atom. The SMILES string of the molecule is CCCC1CCCCN1CC(N)c1ccc(F)cc1F. The molecule has 2 N–H and O–H groups in total. The highest BCUT2D eigenvalue weighted by Gasteiger charge is 2.24. The van der Waals surface area contributed by atoms with Crippen LogP contribution >= 0.6 is 0 Å². The maximum Gasteiger partial charge on any atom is 0.130 e. The molecule has 0 amide bonds. The topological polar surface area (TPSA) is 29.3 Å². The van der Waals surface area contributed by atoms with Crippen molar-refractivity contribution in [3.63, 3.8) is 0 Å². The highest BCUT2D eigenvalue weighted by atomic mass is 19.1. The van der Waals surface area contributed by atoms with Gasteiger partial charge in [0.05, 0.1) is 0 Å². The predicted molar refractivity (Wildman–Crippen MR) is 77.4 cm³/mol. The molecule has 4 heteroatoms. The van der Waals surface area contributed by atoms with Crippen LogP contribution < -0.4 is 5.73 Å². The summed E-state index contributed by atoms with van der Waals surface area (Å²) in [5.74, 6) is -1.10. The molecule has 1 aromatic rings. The van der Waals surface area contributed by atoms with E-state index in [1.165, 1.54) is 37.8 Å². The Morgan fingerprint density at radius 1 is 1.35 bits per heavy atom. The fraction of sp³-hybridized carbons (Fsp3) is 0.625. The van der Waals surface area contributed by atoms with Crippen LogP contribution in [0.3, 0.4) is 0 Å². The third-order valence-corrected chi connectivity index (χ3v) is 4.16. The van der Waals surface area contributed by atoms with E-state index in [1.807, 2.05) is 0 Å². The maximum absolute atomic E-state index is 13.8. The first-order valence-electron chi connectivity index (χ1n) is 7.56. The lowest BCUT2D eigenvalue weighted by molar-refractivity contribution is 0.131. The van der Waals surface area contributed by atoms with Gasteiger partial charge in [-0.05, 0) is 31.9 Å². The van der Waals surface area contributed by atoms with Gasteiger partial charge in [-0.25, -0.2) is 8.78 Å². The molecule has 1 saturated heterocycles. The molecular formula is C16H24F2N2. The van der Waals surface area contributed by atoms with Crippen molar-refractivity contribution in [1.82, 2.24) is 4.90 Å². The van der Waals surface area contributed by atoms with Gasteiger partial charge in [0.1, 0.15) is 11.6 Å². The van der Waals surface area contributed by atoms with Gasteiger partial charge in [-0.2, -0.15) is 0 Å². The van der Waals surface area contributed by atoms with Crippen LogP contribution in [0.25, 0.3) is 0 Å². The minimum Gasteiger partial charge on any atom is -0.323 e. The van der Waals surface area contributed by atoms with E-state index in [2.05, 4.69) is 11.8 Å². The van der Waals surface area contributed by atoms with Gasteiger partial charge in [0.2, 0.25) is 0 Å². The Labute approximate surface area is 120 Å². The van der Waals surface area contributed by atoms with E-state index in [0.29, 0.717) is 18.2 Å². The zero-order valence-electron chi connectivity index (χ0n) is 12.1. The van der Waals surface area contributed by atoms with Crippen LogP contribution in [0.4, 0.5) is 8.78 Å². The van der Waals surface area contributed by atoms with E-state index < -0.39 is 17.7 Å². The molecular weight excluding hydrogens is 258 g/mol. The summed E-state index contributed by atoms with van der Waals surface area (Å²) in [4.78, 5) is 2.38.